The number of ether oxygens (including phenoxy) is 3. The molecule has 5 unspecified atom stereocenters. The maximum Gasteiger partial charge on any atom is 0.166 e. The zero-order valence-corrected chi connectivity index (χ0v) is 18.3. The van der Waals surface area contributed by atoms with Crippen LogP contribution in [0.4, 0.5) is 0 Å². The lowest BCUT2D eigenvalue weighted by atomic mass is 9.39. The molecule has 2 spiro atoms. The van der Waals surface area contributed by atoms with Crippen LogP contribution in [-0.4, -0.2) is 43.3 Å². The van der Waals surface area contributed by atoms with Crippen molar-refractivity contribution >= 4 is 0 Å². The van der Waals surface area contributed by atoms with Crippen molar-refractivity contribution in [3.8, 4) is 11.5 Å². The number of benzene rings is 2. The summed E-state index contributed by atoms with van der Waals surface area (Å²) in [7, 11) is 4.16. The van der Waals surface area contributed by atoms with Gasteiger partial charge in [-0.15, -0.1) is 0 Å². The van der Waals surface area contributed by atoms with Gasteiger partial charge in [-0.25, -0.2) is 0 Å². The van der Waals surface area contributed by atoms with E-state index in [4.69, 9.17) is 14.2 Å². The normalized spacial score (nSPS) is 38.6. The van der Waals surface area contributed by atoms with Crippen LogP contribution >= 0.6 is 0 Å². The molecule has 2 aromatic rings. The zero-order valence-electron chi connectivity index (χ0n) is 18.3. The third-order valence-electron chi connectivity index (χ3n) is 9.22. The summed E-state index contributed by atoms with van der Waals surface area (Å²) in [6, 6.07) is 15.3. The molecule has 0 amide bonds. The molecular formula is C27H29NO3. The Balaban J connectivity index is 1.40. The van der Waals surface area contributed by atoms with Crippen LogP contribution in [0.5, 0.6) is 11.5 Å². The number of nitrogens with zero attached hydrogens (tertiary/aromatic N) is 1. The third kappa shape index (κ3) is 2.00. The summed E-state index contributed by atoms with van der Waals surface area (Å²) in [6.45, 7) is 1.66. The standard InChI is InChI=1S/C27H29NO3/c1-28-15-14-27-22-19-8-9-20(30-17-18-6-4-3-5-7-18)23(22)31-24(27)26(29-2)12-10-25(27,11-13-26)21(28)16-19/h3-10,12,21,24H,11,13-17H2,1-2H3. The number of hydrogen-bond donors (Lipinski definition) is 0. The van der Waals surface area contributed by atoms with Crippen LogP contribution in [0, 0.1) is 5.41 Å². The molecule has 0 radical (unpaired) electrons. The van der Waals surface area contributed by atoms with Crippen molar-refractivity contribution in [2.24, 2.45) is 5.41 Å². The second kappa shape index (κ2) is 5.93. The molecule has 4 nitrogen and oxygen atoms in total. The minimum atomic E-state index is -0.341. The fraction of sp³-hybridized carbons (Fsp3) is 0.481. The lowest BCUT2D eigenvalue weighted by Crippen LogP contribution is -2.76. The summed E-state index contributed by atoms with van der Waals surface area (Å²) in [5.41, 5.74) is 3.82. The van der Waals surface area contributed by atoms with Crippen LogP contribution in [0.1, 0.15) is 36.0 Å². The third-order valence-corrected chi connectivity index (χ3v) is 9.22. The van der Waals surface area contributed by atoms with Crippen molar-refractivity contribution in [1.29, 1.82) is 0 Å². The largest absolute Gasteiger partial charge is 0.485 e. The molecule has 31 heavy (non-hydrogen) atoms. The highest BCUT2D eigenvalue weighted by atomic mass is 16.6. The summed E-state index contributed by atoms with van der Waals surface area (Å²) in [5.74, 6) is 1.86. The highest BCUT2D eigenvalue weighted by Crippen LogP contribution is 2.73. The molecule has 5 atom stereocenters. The molecule has 0 aromatic heterocycles. The van der Waals surface area contributed by atoms with E-state index >= 15 is 0 Å². The van der Waals surface area contributed by atoms with E-state index in [1.807, 2.05) is 13.2 Å². The monoisotopic (exact) mass is 415 g/mol. The number of methoxy groups -OCH3 is 1. The van der Waals surface area contributed by atoms with Gasteiger partial charge in [0, 0.05) is 24.1 Å². The molecule has 2 aromatic carbocycles. The summed E-state index contributed by atoms with van der Waals surface area (Å²) in [4.78, 5) is 2.60. The highest BCUT2D eigenvalue weighted by Gasteiger charge is 2.76. The lowest BCUT2D eigenvalue weighted by molar-refractivity contribution is -0.186. The van der Waals surface area contributed by atoms with E-state index in [0.717, 1.165) is 37.3 Å². The molecule has 6 aliphatic rings. The molecular weight excluding hydrogens is 386 g/mol. The quantitative estimate of drug-likeness (QED) is 0.699. The minimum Gasteiger partial charge on any atom is -0.485 e. The van der Waals surface area contributed by atoms with Gasteiger partial charge in [-0.3, -0.25) is 0 Å². The van der Waals surface area contributed by atoms with E-state index in [9.17, 15) is 0 Å². The van der Waals surface area contributed by atoms with Gasteiger partial charge in [0.25, 0.3) is 0 Å². The van der Waals surface area contributed by atoms with Crippen molar-refractivity contribution in [3.05, 3.63) is 71.3 Å². The molecule has 4 bridgehead atoms. The number of likely N-dealkylation sites (tertiary alicyclic amines) is 1. The maximum atomic E-state index is 6.94. The number of likely N-dealkylation sites (N-methyl/N-ethyl adjacent to an activating group) is 1. The molecule has 2 fully saturated rings. The second-order valence-corrected chi connectivity index (χ2v) is 10.2. The average molecular weight is 416 g/mol. The van der Waals surface area contributed by atoms with E-state index in [-0.39, 0.29) is 22.5 Å². The Hall–Kier alpha value is -2.30. The zero-order chi connectivity index (χ0) is 20.8. The Kier molecular flexibility index (Phi) is 3.50. The molecule has 4 aliphatic carbocycles. The SMILES string of the molecule is COC12C=CC3(CC1)C1Cc4ccc(OCc5ccccc5)c5c4C3(CCN1C)C2O5. The summed E-state index contributed by atoms with van der Waals surface area (Å²) in [5, 5.41) is 0. The second-order valence-electron chi connectivity index (χ2n) is 10.2. The summed E-state index contributed by atoms with van der Waals surface area (Å²) in [6.07, 6.45) is 9.28. The predicted molar refractivity (Wildman–Crippen MR) is 119 cm³/mol. The van der Waals surface area contributed by atoms with Gasteiger partial charge < -0.3 is 19.1 Å². The molecule has 160 valence electrons. The Morgan fingerprint density at radius 3 is 2.71 bits per heavy atom. The average Bonchev–Trinajstić information content (AvgIpc) is 3.19. The first-order valence-corrected chi connectivity index (χ1v) is 11.6. The summed E-state index contributed by atoms with van der Waals surface area (Å²) < 4.78 is 19.5. The van der Waals surface area contributed by atoms with E-state index in [2.05, 4.69) is 60.5 Å². The van der Waals surface area contributed by atoms with Crippen LogP contribution in [0.15, 0.2) is 54.6 Å². The van der Waals surface area contributed by atoms with Crippen molar-refractivity contribution < 1.29 is 14.2 Å². The number of hydrogen-bond acceptors (Lipinski definition) is 4. The van der Waals surface area contributed by atoms with E-state index in [1.54, 1.807) is 0 Å². The molecule has 8 rings (SSSR count). The van der Waals surface area contributed by atoms with Gasteiger partial charge in [0.2, 0.25) is 0 Å². The molecule has 2 aliphatic heterocycles. The predicted octanol–water partition coefficient (Wildman–Crippen LogP) is 4.26. The van der Waals surface area contributed by atoms with Gasteiger partial charge >= 0.3 is 0 Å². The Morgan fingerprint density at radius 1 is 1.06 bits per heavy atom. The van der Waals surface area contributed by atoms with Crippen molar-refractivity contribution in [2.45, 2.75) is 55.5 Å². The molecule has 1 saturated heterocycles. The molecule has 4 heteroatoms. The first kappa shape index (κ1) is 18.3. The van der Waals surface area contributed by atoms with Crippen LogP contribution < -0.4 is 9.47 Å². The number of piperidine rings is 1. The Bertz CT molecular complexity index is 1100. The number of rotatable bonds is 4. The summed E-state index contributed by atoms with van der Waals surface area (Å²) >= 11 is 0. The van der Waals surface area contributed by atoms with Crippen molar-refractivity contribution in [3.63, 3.8) is 0 Å². The van der Waals surface area contributed by atoms with Crippen molar-refractivity contribution in [1.82, 2.24) is 4.90 Å². The Morgan fingerprint density at radius 2 is 1.94 bits per heavy atom. The fourth-order valence-corrected chi connectivity index (χ4v) is 7.81. The van der Waals surface area contributed by atoms with Crippen LogP contribution in [-0.2, 0) is 23.2 Å². The first-order valence-electron chi connectivity index (χ1n) is 11.6. The van der Waals surface area contributed by atoms with E-state index in [1.165, 1.54) is 23.1 Å². The highest BCUT2D eigenvalue weighted by molar-refractivity contribution is 5.65. The fourth-order valence-electron chi connectivity index (χ4n) is 7.81. The van der Waals surface area contributed by atoms with E-state index in [0.29, 0.717) is 12.6 Å². The maximum absolute atomic E-state index is 6.94. The van der Waals surface area contributed by atoms with Gasteiger partial charge in [0.05, 0.1) is 5.41 Å². The van der Waals surface area contributed by atoms with Gasteiger partial charge in [-0.05, 0) is 56.5 Å². The lowest BCUT2D eigenvalue weighted by Gasteiger charge is -2.69. The van der Waals surface area contributed by atoms with Gasteiger partial charge in [0.15, 0.2) is 11.5 Å². The Labute approximate surface area is 183 Å². The van der Waals surface area contributed by atoms with E-state index < -0.39 is 0 Å². The minimum absolute atomic E-state index is 0.0117. The molecule has 1 saturated carbocycles. The van der Waals surface area contributed by atoms with Crippen LogP contribution in [0.3, 0.4) is 0 Å². The van der Waals surface area contributed by atoms with Crippen LogP contribution in [0.2, 0.25) is 0 Å². The van der Waals surface area contributed by atoms with Gasteiger partial charge in [-0.1, -0.05) is 48.6 Å². The molecule has 0 N–H and O–H groups in total. The smallest absolute Gasteiger partial charge is 0.166 e. The molecule has 2 heterocycles. The van der Waals surface area contributed by atoms with Gasteiger partial charge in [-0.2, -0.15) is 0 Å². The van der Waals surface area contributed by atoms with Crippen molar-refractivity contribution in [2.75, 3.05) is 20.7 Å². The first-order chi connectivity index (χ1) is 15.1. The topological polar surface area (TPSA) is 30.9 Å². The van der Waals surface area contributed by atoms with Gasteiger partial charge in [0.1, 0.15) is 18.3 Å². The van der Waals surface area contributed by atoms with Crippen LogP contribution in [0.25, 0.3) is 0 Å². The number of fused-ring (bicyclic) bond motifs is 1.